The van der Waals surface area contributed by atoms with Gasteiger partial charge in [0, 0.05) is 17.9 Å². The number of carbonyl (C=O) groups is 2. The Balaban J connectivity index is 1.97. The van der Waals surface area contributed by atoms with Crippen LogP contribution in [0.2, 0.25) is 0 Å². The summed E-state index contributed by atoms with van der Waals surface area (Å²) in [5.74, 6) is 0.376. The maximum Gasteiger partial charge on any atom is 0.240 e. The van der Waals surface area contributed by atoms with Crippen molar-refractivity contribution in [3.63, 3.8) is 0 Å². The van der Waals surface area contributed by atoms with Gasteiger partial charge in [0.1, 0.15) is 6.54 Å². The number of amides is 2. The highest BCUT2D eigenvalue weighted by molar-refractivity contribution is 6.05. The van der Waals surface area contributed by atoms with Crippen LogP contribution in [0.25, 0.3) is 0 Å². The molecule has 1 aromatic rings. The van der Waals surface area contributed by atoms with Gasteiger partial charge in [-0.25, -0.2) is 0 Å². The molecule has 1 aliphatic heterocycles. The van der Waals surface area contributed by atoms with E-state index in [1.54, 1.807) is 18.2 Å². The first kappa shape index (κ1) is 14.4. The van der Waals surface area contributed by atoms with Crippen molar-refractivity contribution in [1.29, 1.82) is 0 Å². The fourth-order valence-electron chi connectivity index (χ4n) is 2.28. The van der Waals surface area contributed by atoms with Crippen molar-refractivity contribution >= 4 is 23.2 Å². The molecule has 0 bridgehead atoms. The number of fused-ring (bicyclic) bond motifs is 1. The van der Waals surface area contributed by atoms with Gasteiger partial charge in [-0.15, -0.1) is 0 Å². The molecule has 1 aliphatic rings. The zero-order chi connectivity index (χ0) is 14.7. The van der Waals surface area contributed by atoms with E-state index in [0.717, 1.165) is 17.7 Å². The number of anilines is 2. The minimum Gasteiger partial charge on any atom is -0.399 e. The molecular formula is C15H21N3O2. The fraction of sp³-hybridized carbons (Fsp3) is 0.467. The van der Waals surface area contributed by atoms with Crippen molar-refractivity contribution in [3.8, 4) is 0 Å². The van der Waals surface area contributed by atoms with Gasteiger partial charge in [0.25, 0.3) is 0 Å². The number of hydrogen-bond acceptors (Lipinski definition) is 3. The van der Waals surface area contributed by atoms with Crippen molar-refractivity contribution < 1.29 is 9.59 Å². The second-order valence-corrected chi connectivity index (χ2v) is 5.58. The smallest absolute Gasteiger partial charge is 0.240 e. The summed E-state index contributed by atoms with van der Waals surface area (Å²) in [5, 5.41) is 2.85. The standard InChI is InChI=1S/C15H21N3O2/c1-10(2)5-6-17-14(19)9-18-13-4-3-12(16)7-11(13)8-15(18)20/h3-4,7,10H,5-6,8-9,16H2,1-2H3,(H,17,19). The Kier molecular flexibility index (Phi) is 4.27. The van der Waals surface area contributed by atoms with Gasteiger partial charge >= 0.3 is 0 Å². The first-order valence-corrected chi connectivity index (χ1v) is 6.93. The van der Waals surface area contributed by atoms with Crippen molar-refractivity contribution in [2.24, 2.45) is 5.92 Å². The summed E-state index contributed by atoms with van der Waals surface area (Å²) >= 11 is 0. The van der Waals surface area contributed by atoms with Crippen LogP contribution in [0.4, 0.5) is 11.4 Å². The second kappa shape index (κ2) is 5.94. The molecule has 0 unspecified atom stereocenters. The molecule has 2 rings (SSSR count). The van der Waals surface area contributed by atoms with Crippen LogP contribution in [0.1, 0.15) is 25.8 Å². The number of rotatable bonds is 5. The maximum absolute atomic E-state index is 12.0. The Morgan fingerprint density at radius 2 is 2.20 bits per heavy atom. The third kappa shape index (κ3) is 3.29. The topological polar surface area (TPSA) is 75.4 Å². The Morgan fingerprint density at radius 3 is 2.90 bits per heavy atom. The lowest BCUT2D eigenvalue weighted by atomic mass is 10.1. The third-order valence-corrected chi connectivity index (χ3v) is 3.38. The van der Waals surface area contributed by atoms with E-state index < -0.39 is 0 Å². The molecule has 5 nitrogen and oxygen atoms in total. The molecule has 0 saturated heterocycles. The van der Waals surface area contributed by atoms with Crippen molar-refractivity contribution in [1.82, 2.24) is 5.32 Å². The Bertz CT molecular complexity index is 526. The van der Waals surface area contributed by atoms with Crippen LogP contribution in [0.5, 0.6) is 0 Å². The van der Waals surface area contributed by atoms with Gasteiger partial charge in [0.05, 0.1) is 6.42 Å². The van der Waals surface area contributed by atoms with Crippen molar-refractivity contribution in [3.05, 3.63) is 23.8 Å². The van der Waals surface area contributed by atoms with Crippen molar-refractivity contribution in [2.75, 3.05) is 23.7 Å². The first-order valence-electron chi connectivity index (χ1n) is 6.93. The normalized spacial score (nSPS) is 13.8. The third-order valence-electron chi connectivity index (χ3n) is 3.38. The minimum absolute atomic E-state index is 0.0513. The van der Waals surface area contributed by atoms with E-state index in [1.807, 2.05) is 0 Å². The summed E-state index contributed by atoms with van der Waals surface area (Å²) in [6.45, 7) is 4.94. The van der Waals surface area contributed by atoms with Gasteiger partial charge in [0.2, 0.25) is 11.8 Å². The lowest BCUT2D eigenvalue weighted by Crippen LogP contribution is -2.39. The largest absolute Gasteiger partial charge is 0.399 e. The molecule has 108 valence electrons. The number of nitrogen functional groups attached to an aromatic ring is 1. The van der Waals surface area contributed by atoms with Crippen LogP contribution in [0, 0.1) is 5.92 Å². The van der Waals surface area contributed by atoms with Gasteiger partial charge in [-0.2, -0.15) is 0 Å². The molecule has 0 aromatic heterocycles. The summed E-state index contributed by atoms with van der Waals surface area (Å²) in [7, 11) is 0. The Morgan fingerprint density at radius 1 is 1.45 bits per heavy atom. The zero-order valence-corrected chi connectivity index (χ0v) is 12.0. The van der Waals surface area contributed by atoms with Crippen LogP contribution >= 0.6 is 0 Å². The molecule has 0 saturated carbocycles. The number of carbonyl (C=O) groups excluding carboxylic acids is 2. The molecular weight excluding hydrogens is 254 g/mol. The average Bonchev–Trinajstić information content (AvgIpc) is 2.64. The number of benzene rings is 1. The molecule has 2 amide bonds. The van der Waals surface area contributed by atoms with Gasteiger partial charge in [0.15, 0.2) is 0 Å². The summed E-state index contributed by atoms with van der Waals surface area (Å²) in [6, 6.07) is 5.35. The predicted molar refractivity (Wildman–Crippen MR) is 79.4 cm³/mol. The zero-order valence-electron chi connectivity index (χ0n) is 12.0. The lowest BCUT2D eigenvalue weighted by molar-refractivity contribution is -0.123. The quantitative estimate of drug-likeness (QED) is 0.796. The fourth-order valence-corrected chi connectivity index (χ4v) is 2.28. The number of nitrogens with zero attached hydrogens (tertiary/aromatic N) is 1. The molecule has 20 heavy (non-hydrogen) atoms. The van der Waals surface area contributed by atoms with Crippen LogP contribution in [0.3, 0.4) is 0 Å². The lowest BCUT2D eigenvalue weighted by Gasteiger charge is -2.17. The summed E-state index contributed by atoms with van der Waals surface area (Å²) in [6.07, 6.45) is 1.26. The first-order chi connectivity index (χ1) is 9.47. The van der Waals surface area contributed by atoms with Crippen LogP contribution in [-0.2, 0) is 16.0 Å². The van der Waals surface area contributed by atoms with Gasteiger partial charge in [-0.1, -0.05) is 13.8 Å². The van der Waals surface area contributed by atoms with Gasteiger partial charge < -0.3 is 16.0 Å². The van der Waals surface area contributed by atoms with Crippen LogP contribution in [-0.4, -0.2) is 24.9 Å². The highest BCUT2D eigenvalue weighted by Crippen LogP contribution is 2.30. The average molecular weight is 275 g/mol. The molecule has 5 heteroatoms. The summed E-state index contributed by atoms with van der Waals surface area (Å²) in [4.78, 5) is 25.4. The SMILES string of the molecule is CC(C)CCNC(=O)CN1C(=O)Cc2cc(N)ccc21. The highest BCUT2D eigenvalue weighted by atomic mass is 16.2. The highest BCUT2D eigenvalue weighted by Gasteiger charge is 2.28. The van der Waals surface area contributed by atoms with Crippen LogP contribution < -0.4 is 16.0 Å². The minimum atomic E-state index is -0.122. The molecule has 1 heterocycles. The van der Waals surface area contributed by atoms with Crippen molar-refractivity contribution in [2.45, 2.75) is 26.7 Å². The predicted octanol–water partition coefficient (Wildman–Crippen LogP) is 1.32. The van der Waals surface area contributed by atoms with E-state index in [-0.39, 0.29) is 18.4 Å². The van der Waals surface area contributed by atoms with E-state index >= 15 is 0 Å². The molecule has 0 atom stereocenters. The molecule has 0 fully saturated rings. The Labute approximate surface area is 119 Å². The number of nitrogens with two attached hydrogens (primary N) is 1. The molecule has 0 spiro atoms. The van der Waals surface area contributed by atoms with E-state index in [0.29, 0.717) is 24.6 Å². The van der Waals surface area contributed by atoms with E-state index in [1.165, 1.54) is 4.90 Å². The summed E-state index contributed by atoms with van der Waals surface area (Å²) in [5.41, 5.74) is 8.03. The van der Waals surface area contributed by atoms with Gasteiger partial charge in [-0.3, -0.25) is 9.59 Å². The molecule has 3 N–H and O–H groups in total. The molecule has 1 aromatic carbocycles. The maximum atomic E-state index is 12.0. The molecule has 0 aliphatic carbocycles. The number of hydrogen-bond donors (Lipinski definition) is 2. The van der Waals surface area contributed by atoms with E-state index in [9.17, 15) is 9.59 Å². The van der Waals surface area contributed by atoms with Gasteiger partial charge in [-0.05, 0) is 36.1 Å². The molecule has 0 radical (unpaired) electrons. The number of nitrogens with one attached hydrogen (secondary N) is 1. The van der Waals surface area contributed by atoms with Crippen LogP contribution in [0.15, 0.2) is 18.2 Å². The van der Waals surface area contributed by atoms with E-state index in [4.69, 9.17) is 5.73 Å². The Hall–Kier alpha value is -2.04. The summed E-state index contributed by atoms with van der Waals surface area (Å²) < 4.78 is 0. The second-order valence-electron chi connectivity index (χ2n) is 5.58. The van der Waals surface area contributed by atoms with E-state index in [2.05, 4.69) is 19.2 Å². The monoisotopic (exact) mass is 275 g/mol.